The Morgan fingerprint density at radius 2 is 0.877 bits per heavy atom. The fourth-order valence-electron chi connectivity index (χ4n) is 7.57. The van der Waals surface area contributed by atoms with E-state index in [-0.39, 0.29) is 53.3 Å². The lowest BCUT2D eigenvalue weighted by atomic mass is 10.0. The number of pyridine rings is 2. The Morgan fingerprint density at radius 1 is 0.519 bits per heavy atom. The average Bonchev–Trinajstić information content (AvgIpc) is 4.22. The molecule has 420 valence electrons. The number of Topliss-reactive ketones (excluding diaryl/α,β-unsaturated/α-hetero) is 2. The van der Waals surface area contributed by atoms with Crippen LogP contribution < -0.4 is 9.47 Å². The number of nitrogens with zero attached hydrogens (tertiary/aromatic N) is 6. The molecule has 0 fully saturated rings. The monoisotopic (exact) mass is 1210 g/mol. The van der Waals surface area contributed by atoms with Crippen LogP contribution in [-0.2, 0) is 71.8 Å². The van der Waals surface area contributed by atoms with Gasteiger partial charge in [0.1, 0.15) is 44.6 Å². The Hall–Kier alpha value is -7.59. The van der Waals surface area contributed by atoms with E-state index in [0.717, 1.165) is 41.0 Å². The zero-order valence-corrected chi connectivity index (χ0v) is 46.4. The zero-order valence-electron chi connectivity index (χ0n) is 42.6. The number of hydrogen-bond donors (Lipinski definition) is 1. The molecule has 81 heavy (non-hydrogen) atoms. The molecule has 0 aliphatic rings. The number of ether oxygens (including phenoxy) is 2. The SMILES string of the molecule is Cc1ccc(S(=O)(=O)O)cc1.Cn1cc(-c2cc(Oc3ccc(CC(=O)Cc4ccc(Cl)c(C(F)(F)F)c4)cc3)c(Cl)cn2)cn1.Cn1cc(-c2cc(Oc3ccc(CC(=O)Cc4ccc(Cl)c(C(F)(F)F)c4)cc3)c(Cl)cn2)cn1. The summed E-state index contributed by atoms with van der Waals surface area (Å²) in [5.74, 6) is 1.36. The Balaban J connectivity index is 0.000000197. The molecule has 1 N–H and O–H groups in total. The first-order chi connectivity index (χ1) is 38.2. The molecule has 13 nitrogen and oxygen atoms in total. The quantitative estimate of drug-likeness (QED) is 0.0766. The van der Waals surface area contributed by atoms with Crippen molar-refractivity contribution in [2.24, 2.45) is 14.1 Å². The first-order valence-electron chi connectivity index (χ1n) is 23.8. The van der Waals surface area contributed by atoms with Crippen molar-refractivity contribution >= 4 is 68.1 Å². The van der Waals surface area contributed by atoms with Gasteiger partial charge in [-0.05, 0) is 89.8 Å². The van der Waals surface area contributed by atoms with E-state index in [2.05, 4.69) is 20.2 Å². The van der Waals surface area contributed by atoms with Gasteiger partial charge in [0.05, 0.1) is 49.8 Å². The van der Waals surface area contributed by atoms with Crippen molar-refractivity contribution < 1.29 is 58.4 Å². The second-order valence-corrected chi connectivity index (χ2v) is 21.0. The number of aromatic nitrogens is 6. The van der Waals surface area contributed by atoms with Gasteiger partial charge in [0, 0.05) is 87.8 Å². The normalized spacial score (nSPS) is 11.5. The van der Waals surface area contributed by atoms with Crippen LogP contribution in [0.25, 0.3) is 22.5 Å². The summed E-state index contributed by atoms with van der Waals surface area (Å²) in [6.45, 7) is 1.84. The van der Waals surface area contributed by atoms with E-state index in [1.165, 1.54) is 36.7 Å². The smallest absolute Gasteiger partial charge is 0.417 e. The highest BCUT2D eigenvalue weighted by Gasteiger charge is 2.34. The summed E-state index contributed by atoms with van der Waals surface area (Å²) in [5.41, 5.74) is 3.88. The number of carbonyl (C=O) groups is 2. The predicted octanol–water partition coefficient (Wildman–Crippen LogP) is 15.2. The molecule has 9 aromatic rings. The van der Waals surface area contributed by atoms with Crippen molar-refractivity contribution in [1.82, 2.24) is 29.5 Å². The lowest BCUT2D eigenvalue weighted by Crippen LogP contribution is -2.10. The van der Waals surface area contributed by atoms with E-state index >= 15 is 0 Å². The molecule has 0 saturated heterocycles. The number of benzene rings is 5. The summed E-state index contributed by atoms with van der Waals surface area (Å²) in [7, 11) is -0.412. The third-order valence-corrected chi connectivity index (χ3v) is 13.6. The Labute approximate surface area is 480 Å². The van der Waals surface area contributed by atoms with E-state index in [1.807, 2.05) is 19.3 Å². The lowest BCUT2D eigenvalue weighted by Gasteiger charge is -2.11. The number of alkyl halides is 6. The van der Waals surface area contributed by atoms with Crippen molar-refractivity contribution in [3.8, 4) is 45.5 Å². The van der Waals surface area contributed by atoms with Crippen LogP contribution in [0.4, 0.5) is 26.3 Å². The topological polar surface area (TPSA) is 168 Å². The van der Waals surface area contributed by atoms with Crippen molar-refractivity contribution in [1.29, 1.82) is 0 Å². The van der Waals surface area contributed by atoms with Crippen LogP contribution in [0.2, 0.25) is 20.1 Å². The predicted molar refractivity (Wildman–Crippen MR) is 295 cm³/mol. The van der Waals surface area contributed by atoms with Gasteiger partial charge in [-0.2, -0.15) is 45.0 Å². The van der Waals surface area contributed by atoms with Crippen molar-refractivity contribution in [2.45, 2.75) is 49.9 Å². The minimum Gasteiger partial charge on any atom is -0.456 e. The van der Waals surface area contributed by atoms with Crippen LogP contribution in [0.1, 0.15) is 38.9 Å². The summed E-state index contributed by atoms with van der Waals surface area (Å²) < 4.78 is 123. The van der Waals surface area contributed by atoms with E-state index in [1.54, 1.807) is 109 Å². The Bertz CT molecular complexity index is 3590. The van der Waals surface area contributed by atoms with Gasteiger partial charge in [0.25, 0.3) is 10.1 Å². The number of carbonyl (C=O) groups excluding carboxylic acids is 2. The fourth-order valence-corrected chi connectivity index (χ4v) is 8.78. The first kappa shape index (κ1) is 61.0. The molecule has 0 saturated carbocycles. The largest absolute Gasteiger partial charge is 0.456 e. The molecule has 0 amide bonds. The highest BCUT2D eigenvalue weighted by atomic mass is 35.5. The second kappa shape index (κ2) is 26.3. The molecule has 9 rings (SSSR count). The van der Waals surface area contributed by atoms with Crippen LogP contribution >= 0.6 is 46.4 Å². The Morgan fingerprint density at radius 3 is 1.21 bits per heavy atom. The first-order valence-corrected chi connectivity index (χ1v) is 26.7. The maximum Gasteiger partial charge on any atom is 0.417 e. The van der Waals surface area contributed by atoms with Gasteiger partial charge < -0.3 is 9.47 Å². The van der Waals surface area contributed by atoms with Crippen LogP contribution in [0, 0.1) is 6.92 Å². The molecular weight excluding hydrogens is 1170 g/mol. The number of aryl methyl sites for hydroxylation is 3. The highest BCUT2D eigenvalue weighted by Crippen LogP contribution is 2.38. The second-order valence-electron chi connectivity index (χ2n) is 18.0. The minimum absolute atomic E-state index is 0.0609. The van der Waals surface area contributed by atoms with Gasteiger partial charge in [0.2, 0.25) is 0 Å². The highest BCUT2D eigenvalue weighted by molar-refractivity contribution is 7.85. The molecule has 4 heterocycles. The molecule has 4 aromatic heterocycles. The molecule has 0 radical (unpaired) electrons. The summed E-state index contributed by atoms with van der Waals surface area (Å²) in [6.07, 6.45) is 0.672. The summed E-state index contributed by atoms with van der Waals surface area (Å²) >= 11 is 23.7. The average molecular weight is 1210 g/mol. The van der Waals surface area contributed by atoms with Gasteiger partial charge in [0.15, 0.2) is 0 Å². The van der Waals surface area contributed by atoms with Crippen LogP contribution in [0.15, 0.2) is 163 Å². The summed E-state index contributed by atoms with van der Waals surface area (Å²) in [4.78, 5) is 33.4. The van der Waals surface area contributed by atoms with E-state index < -0.39 is 43.6 Å². The molecule has 0 atom stereocenters. The van der Waals surface area contributed by atoms with E-state index in [0.29, 0.717) is 55.6 Å². The van der Waals surface area contributed by atoms with Crippen molar-refractivity contribution in [3.05, 3.63) is 218 Å². The molecule has 0 aliphatic heterocycles. The third kappa shape index (κ3) is 17.7. The van der Waals surface area contributed by atoms with Crippen LogP contribution in [0.3, 0.4) is 0 Å². The molecular formula is C57H44Cl4F6N6O7S. The lowest BCUT2D eigenvalue weighted by molar-refractivity contribution is -0.138. The Kier molecular flexibility index (Phi) is 19.8. The molecule has 0 bridgehead atoms. The van der Waals surface area contributed by atoms with Crippen LogP contribution in [-0.4, -0.2) is 54.1 Å². The van der Waals surface area contributed by atoms with Crippen molar-refractivity contribution in [3.63, 3.8) is 0 Å². The van der Waals surface area contributed by atoms with Gasteiger partial charge in [-0.15, -0.1) is 0 Å². The zero-order chi connectivity index (χ0) is 58.8. The molecule has 0 unspecified atom stereocenters. The van der Waals surface area contributed by atoms with Crippen molar-refractivity contribution in [2.75, 3.05) is 0 Å². The summed E-state index contributed by atoms with van der Waals surface area (Å²) in [6, 6.07) is 30.0. The maximum absolute atomic E-state index is 13.0. The molecule has 0 aliphatic carbocycles. The molecule has 5 aromatic carbocycles. The minimum atomic E-state index is -4.58. The number of hydrogen-bond acceptors (Lipinski definition) is 10. The van der Waals surface area contributed by atoms with Gasteiger partial charge in [-0.3, -0.25) is 33.5 Å². The number of halogens is 10. The summed E-state index contributed by atoms with van der Waals surface area (Å²) in [5, 5.41) is 8.12. The van der Waals surface area contributed by atoms with Gasteiger partial charge in [-0.25, -0.2) is 0 Å². The van der Waals surface area contributed by atoms with Crippen LogP contribution in [0.5, 0.6) is 23.0 Å². The third-order valence-electron chi connectivity index (χ3n) is 11.5. The number of ketones is 2. The van der Waals surface area contributed by atoms with Gasteiger partial charge >= 0.3 is 12.4 Å². The molecule has 0 spiro atoms. The van der Waals surface area contributed by atoms with Gasteiger partial charge in [-0.1, -0.05) is 100 Å². The standard InChI is InChI=1S/2C25H18Cl2F3N3O2.C7H8O3S/c2*1-33-14-17(12-32-33)23-11-24(22(27)13-31-23)35-19-5-2-15(3-6-19)8-18(34)9-16-4-7-21(26)20(10-16)25(28,29)30;1-6-2-4-7(5-3-6)11(8,9)10/h2*2-7,10-14H,8-9H2,1H3;2-5H,1H3,(H,8,9,10). The maximum atomic E-state index is 13.0. The fraction of sp³-hybridized carbons (Fsp3) is 0.158. The van der Waals surface area contributed by atoms with E-state index in [9.17, 15) is 44.3 Å². The van der Waals surface area contributed by atoms with E-state index in [4.69, 9.17) is 60.4 Å². The molecule has 24 heteroatoms. The number of rotatable bonds is 15.